The summed E-state index contributed by atoms with van der Waals surface area (Å²) in [6.45, 7) is 3.25. The van der Waals surface area contributed by atoms with Crippen molar-refractivity contribution in [3.8, 4) is 11.4 Å². The Morgan fingerprint density at radius 1 is 1.03 bits per heavy atom. The molecule has 0 fully saturated rings. The van der Waals surface area contributed by atoms with Crippen LogP contribution >= 0.6 is 0 Å². The smallest absolute Gasteiger partial charge is 0.270 e. The number of nitrogens with zero attached hydrogens (tertiary/aromatic N) is 2. The predicted molar refractivity (Wildman–Crippen MR) is 115 cm³/mol. The number of methoxy groups -OCH3 is 1. The van der Waals surface area contributed by atoms with Gasteiger partial charge in [0.05, 0.1) is 0 Å². The molecule has 2 N–H and O–H groups in total. The van der Waals surface area contributed by atoms with E-state index in [1.807, 2.05) is 42.5 Å². The van der Waals surface area contributed by atoms with Gasteiger partial charge in [-0.15, -0.1) is 0 Å². The summed E-state index contributed by atoms with van der Waals surface area (Å²) in [6.07, 6.45) is 1.73. The van der Waals surface area contributed by atoms with Crippen LogP contribution in [0.4, 0.5) is 11.5 Å². The van der Waals surface area contributed by atoms with Crippen LogP contribution in [0.2, 0.25) is 0 Å². The number of aromatic nitrogens is 2. The van der Waals surface area contributed by atoms with Gasteiger partial charge in [-0.2, -0.15) is 0 Å². The number of rotatable bonds is 9. The van der Waals surface area contributed by atoms with E-state index in [1.165, 1.54) is 5.56 Å². The number of benzene rings is 2. The van der Waals surface area contributed by atoms with Crippen molar-refractivity contribution in [3.63, 3.8) is 0 Å². The summed E-state index contributed by atoms with van der Waals surface area (Å²) in [7, 11) is 1.64. The molecule has 0 aliphatic heterocycles. The quantitative estimate of drug-likeness (QED) is 0.535. The number of hydrogen-bond donors (Lipinski definition) is 2. The summed E-state index contributed by atoms with van der Waals surface area (Å²) in [5.74, 6) is 0.845. The molecule has 0 bridgehead atoms. The zero-order valence-corrected chi connectivity index (χ0v) is 16.8. The first-order valence-corrected chi connectivity index (χ1v) is 9.77. The van der Waals surface area contributed by atoms with Crippen molar-refractivity contribution in [1.29, 1.82) is 0 Å². The summed E-state index contributed by atoms with van der Waals surface area (Å²) in [6, 6.07) is 19.5. The average molecular weight is 390 g/mol. The van der Waals surface area contributed by atoms with Gasteiger partial charge in [-0.25, -0.2) is 9.97 Å². The van der Waals surface area contributed by atoms with Crippen LogP contribution in [0, 0.1) is 0 Å². The normalized spacial score (nSPS) is 10.6. The van der Waals surface area contributed by atoms with E-state index in [1.54, 1.807) is 13.2 Å². The summed E-state index contributed by atoms with van der Waals surface area (Å²) in [4.78, 5) is 21.7. The minimum absolute atomic E-state index is 0.231. The standard InChI is InChI=1S/C23H26N4O2/c1-3-17-10-12-19(13-11-17)25-21-16-20(23(28)24-14-7-15-29-2)26-22(27-21)18-8-5-4-6-9-18/h4-6,8-13,16H,3,7,14-15H2,1-2H3,(H,24,28)(H,25,26,27). The van der Waals surface area contributed by atoms with Crippen molar-refractivity contribution in [3.05, 3.63) is 71.9 Å². The molecule has 150 valence electrons. The monoisotopic (exact) mass is 390 g/mol. The van der Waals surface area contributed by atoms with Crippen LogP contribution < -0.4 is 10.6 Å². The van der Waals surface area contributed by atoms with Gasteiger partial charge in [0, 0.05) is 37.6 Å². The number of amides is 1. The third-order valence-corrected chi connectivity index (χ3v) is 4.44. The Morgan fingerprint density at radius 2 is 1.79 bits per heavy atom. The van der Waals surface area contributed by atoms with Gasteiger partial charge in [0.25, 0.3) is 5.91 Å². The Bertz CT molecular complexity index is 927. The molecule has 2 aromatic carbocycles. The van der Waals surface area contributed by atoms with E-state index in [-0.39, 0.29) is 5.91 Å². The van der Waals surface area contributed by atoms with Crippen molar-refractivity contribution in [2.24, 2.45) is 0 Å². The van der Waals surface area contributed by atoms with Crippen LogP contribution in [0.25, 0.3) is 11.4 Å². The summed E-state index contributed by atoms with van der Waals surface area (Å²) in [5, 5.41) is 6.17. The average Bonchev–Trinajstić information content (AvgIpc) is 2.77. The molecule has 0 saturated carbocycles. The van der Waals surface area contributed by atoms with E-state index in [4.69, 9.17) is 4.74 Å². The number of carbonyl (C=O) groups excluding carboxylic acids is 1. The molecule has 3 rings (SSSR count). The lowest BCUT2D eigenvalue weighted by Gasteiger charge is -2.11. The second kappa shape index (κ2) is 10.3. The molecule has 3 aromatic rings. The number of nitrogens with one attached hydrogen (secondary N) is 2. The Hall–Kier alpha value is -3.25. The molecule has 0 aliphatic carbocycles. The molecular formula is C23H26N4O2. The van der Waals surface area contributed by atoms with Crippen molar-refractivity contribution in [2.75, 3.05) is 25.6 Å². The maximum atomic E-state index is 12.6. The number of anilines is 2. The lowest BCUT2D eigenvalue weighted by atomic mass is 10.1. The van der Waals surface area contributed by atoms with E-state index in [2.05, 4.69) is 39.7 Å². The van der Waals surface area contributed by atoms with Gasteiger partial charge in [0.2, 0.25) is 0 Å². The molecule has 0 unspecified atom stereocenters. The minimum Gasteiger partial charge on any atom is -0.385 e. The Labute approximate surface area is 171 Å². The summed E-state index contributed by atoms with van der Waals surface area (Å²) < 4.78 is 5.02. The van der Waals surface area contributed by atoms with Crippen molar-refractivity contribution in [2.45, 2.75) is 19.8 Å². The molecule has 6 nitrogen and oxygen atoms in total. The fraction of sp³-hybridized carbons (Fsp3) is 0.261. The van der Waals surface area contributed by atoms with Crippen LogP contribution in [0.15, 0.2) is 60.7 Å². The number of hydrogen-bond acceptors (Lipinski definition) is 5. The summed E-state index contributed by atoms with van der Waals surface area (Å²) >= 11 is 0. The molecule has 0 atom stereocenters. The fourth-order valence-electron chi connectivity index (χ4n) is 2.82. The van der Waals surface area contributed by atoms with Gasteiger partial charge in [0.1, 0.15) is 11.5 Å². The number of ether oxygens (including phenoxy) is 1. The van der Waals surface area contributed by atoms with Crippen LogP contribution in [0.3, 0.4) is 0 Å². The second-order valence-electron chi connectivity index (χ2n) is 6.61. The molecule has 1 amide bonds. The SMILES string of the molecule is CCc1ccc(Nc2cc(C(=O)NCCCOC)nc(-c3ccccc3)n2)cc1. The predicted octanol–water partition coefficient (Wildman–Crippen LogP) is 4.22. The highest BCUT2D eigenvalue weighted by molar-refractivity contribution is 5.93. The highest BCUT2D eigenvalue weighted by Crippen LogP contribution is 2.21. The first kappa shape index (κ1) is 20.5. The van der Waals surface area contributed by atoms with Crippen molar-refractivity contribution < 1.29 is 9.53 Å². The largest absolute Gasteiger partial charge is 0.385 e. The van der Waals surface area contributed by atoms with E-state index >= 15 is 0 Å². The zero-order chi connectivity index (χ0) is 20.5. The third-order valence-electron chi connectivity index (χ3n) is 4.44. The molecule has 29 heavy (non-hydrogen) atoms. The van der Waals surface area contributed by atoms with Crippen LogP contribution in [-0.4, -0.2) is 36.1 Å². The van der Waals surface area contributed by atoms with Gasteiger partial charge in [-0.1, -0.05) is 49.4 Å². The van der Waals surface area contributed by atoms with Crippen LogP contribution in [0.1, 0.15) is 29.4 Å². The molecule has 0 spiro atoms. The van der Waals surface area contributed by atoms with E-state index in [0.29, 0.717) is 30.5 Å². The van der Waals surface area contributed by atoms with Crippen molar-refractivity contribution >= 4 is 17.4 Å². The third kappa shape index (κ3) is 5.86. The molecular weight excluding hydrogens is 364 g/mol. The minimum atomic E-state index is -0.231. The first-order chi connectivity index (χ1) is 14.2. The van der Waals surface area contributed by atoms with Gasteiger partial charge in [-0.3, -0.25) is 4.79 Å². The molecule has 0 radical (unpaired) electrons. The van der Waals surface area contributed by atoms with E-state index < -0.39 is 0 Å². The van der Waals surface area contributed by atoms with Crippen molar-refractivity contribution in [1.82, 2.24) is 15.3 Å². The molecule has 0 saturated heterocycles. The van der Waals surface area contributed by atoms with Crippen LogP contribution in [-0.2, 0) is 11.2 Å². The van der Waals surface area contributed by atoms with Gasteiger partial charge in [-0.05, 0) is 30.5 Å². The molecule has 1 aromatic heterocycles. The first-order valence-electron chi connectivity index (χ1n) is 9.77. The summed E-state index contributed by atoms with van der Waals surface area (Å²) in [5.41, 5.74) is 3.35. The van der Waals surface area contributed by atoms with Crippen LogP contribution in [0.5, 0.6) is 0 Å². The lowest BCUT2D eigenvalue weighted by Crippen LogP contribution is -2.26. The second-order valence-corrected chi connectivity index (χ2v) is 6.61. The molecule has 1 heterocycles. The molecule has 6 heteroatoms. The number of aryl methyl sites for hydroxylation is 1. The highest BCUT2D eigenvalue weighted by Gasteiger charge is 2.13. The Balaban J connectivity index is 1.86. The maximum Gasteiger partial charge on any atom is 0.270 e. The van der Waals surface area contributed by atoms with E-state index in [0.717, 1.165) is 24.1 Å². The van der Waals surface area contributed by atoms with E-state index in [9.17, 15) is 4.79 Å². The Kier molecular flexibility index (Phi) is 7.30. The Morgan fingerprint density at radius 3 is 2.48 bits per heavy atom. The number of carbonyl (C=O) groups is 1. The zero-order valence-electron chi connectivity index (χ0n) is 16.8. The van der Waals surface area contributed by atoms with Gasteiger partial charge in [0.15, 0.2) is 5.82 Å². The maximum absolute atomic E-state index is 12.6. The highest BCUT2D eigenvalue weighted by atomic mass is 16.5. The lowest BCUT2D eigenvalue weighted by molar-refractivity contribution is 0.0943. The van der Waals surface area contributed by atoms with Gasteiger partial charge < -0.3 is 15.4 Å². The fourth-order valence-corrected chi connectivity index (χ4v) is 2.82. The topological polar surface area (TPSA) is 76.1 Å². The molecule has 0 aliphatic rings. The van der Waals surface area contributed by atoms with Gasteiger partial charge >= 0.3 is 0 Å².